The number of carbonyl (C=O) groups is 2. The summed E-state index contributed by atoms with van der Waals surface area (Å²) in [6.07, 6.45) is 6.17. The average Bonchev–Trinajstić information content (AvgIpc) is 2.66. The van der Waals surface area contributed by atoms with E-state index in [-0.39, 0.29) is 36.0 Å². The van der Waals surface area contributed by atoms with Gasteiger partial charge >= 0.3 is 11.9 Å². The highest BCUT2D eigenvalue weighted by atomic mass is 16.6. The highest BCUT2D eigenvalue weighted by molar-refractivity contribution is 5.75. The molecule has 0 aromatic carbocycles. The van der Waals surface area contributed by atoms with Crippen LogP contribution in [0.3, 0.4) is 0 Å². The predicted octanol–water partition coefficient (Wildman–Crippen LogP) is 3.17. The van der Waals surface area contributed by atoms with Gasteiger partial charge in [-0.2, -0.15) is 0 Å². The minimum Gasteiger partial charge on any atom is -0.461 e. The maximum Gasteiger partial charge on any atom is 0.309 e. The summed E-state index contributed by atoms with van der Waals surface area (Å²) in [5.74, 6) is -0.230. The number of hydrogen-bond donors (Lipinski definition) is 0. The number of fused-ring (bicyclic) bond motifs is 1. The normalized spacial score (nSPS) is 33.4. The largest absolute Gasteiger partial charge is 0.461 e. The molecule has 1 aliphatic heterocycles. The van der Waals surface area contributed by atoms with Crippen molar-refractivity contribution in [1.29, 1.82) is 0 Å². The Bertz CT molecular complexity index is 489. The summed E-state index contributed by atoms with van der Waals surface area (Å²) in [5.41, 5.74) is 2.22. The minimum absolute atomic E-state index is 0.0296. The molecule has 4 heteroatoms. The van der Waals surface area contributed by atoms with E-state index in [2.05, 4.69) is 12.2 Å². The van der Waals surface area contributed by atoms with Crippen molar-refractivity contribution in [1.82, 2.24) is 0 Å². The van der Waals surface area contributed by atoms with Crippen molar-refractivity contribution in [3.63, 3.8) is 0 Å². The van der Waals surface area contributed by atoms with Crippen LogP contribution in [0.1, 0.15) is 47.0 Å². The quantitative estimate of drug-likeness (QED) is 0.550. The molecule has 1 heterocycles. The Hall–Kier alpha value is -1.58. The first-order valence-electron chi connectivity index (χ1n) is 7.58. The van der Waals surface area contributed by atoms with Crippen molar-refractivity contribution >= 4 is 11.9 Å². The topological polar surface area (TPSA) is 52.6 Å². The third-order valence-corrected chi connectivity index (χ3v) is 4.49. The van der Waals surface area contributed by atoms with E-state index in [0.29, 0.717) is 6.42 Å². The molecule has 0 spiro atoms. The van der Waals surface area contributed by atoms with Crippen LogP contribution < -0.4 is 0 Å². The molecule has 2 aliphatic rings. The highest BCUT2D eigenvalue weighted by Gasteiger charge is 2.41. The molecule has 1 fully saturated rings. The van der Waals surface area contributed by atoms with E-state index >= 15 is 0 Å². The number of allylic oxidation sites excluding steroid dienone is 1. The molecule has 0 saturated carbocycles. The van der Waals surface area contributed by atoms with Gasteiger partial charge in [-0.1, -0.05) is 24.6 Å². The van der Waals surface area contributed by atoms with Gasteiger partial charge in [0, 0.05) is 25.7 Å². The van der Waals surface area contributed by atoms with Crippen LogP contribution >= 0.6 is 0 Å². The van der Waals surface area contributed by atoms with Crippen molar-refractivity contribution in [2.24, 2.45) is 11.8 Å². The van der Waals surface area contributed by atoms with E-state index in [1.165, 1.54) is 12.5 Å². The van der Waals surface area contributed by atoms with Gasteiger partial charge in [0.2, 0.25) is 0 Å². The zero-order valence-corrected chi connectivity index (χ0v) is 13.2. The summed E-state index contributed by atoms with van der Waals surface area (Å²) in [7, 11) is 0. The second kappa shape index (κ2) is 6.46. The van der Waals surface area contributed by atoms with E-state index in [0.717, 1.165) is 18.4 Å². The fourth-order valence-corrected chi connectivity index (χ4v) is 3.08. The number of esters is 2. The number of rotatable bonds is 1. The molecule has 0 radical (unpaired) electrons. The fourth-order valence-electron chi connectivity index (χ4n) is 3.08. The Morgan fingerprint density at radius 3 is 2.67 bits per heavy atom. The van der Waals surface area contributed by atoms with Gasteiger partial charge in [-0.15, -0.1) is 0 Å². The van der Waals surface area contributed by atoms with Crippen molar-refractivity contribution in [2.75, 3.05) is 0 Å². The van der Waals surface area contributed by atoms with E-state index < -0.39 is 0 Å². The summed E-state index contributed by atoms with van der Waals surface area (Å²) in [5, 5.41) is 0. The van der Waals surface area contributed by atoms with E-state index in [1.54, 1.807) is 0 Å². The van der Waals surface area contributed by atoms with Crippen LogP contribution in [0.4, 0.5) is 0 Å². The van der Waals surface area contributed by atoms with Gasteiger partial charge in [-0.25, -0.2) is 0 Å². The van der Waals surface area contributed by atoms with Gasteiger partial charge < -0.3 is 9.47 Å². The summed E-state index contributed by atoms with van der Waals surface area (Å²) in [4.78, 5) is 23.0. The van der Waals surface area contributed by atoms with Crippen molar-refractivity contribution in [3.8, 4) is 0 Å². The molecule has 0 amide bonds. The first-order chi connectivity index (χ1) is 9.88. The van der Waals surface area contributed by atoms with Crippen LogP contribution in [0.15, 0.2) is 23.3 Å². The Kier molecular flexibility index (Phi) is 4.86. The number of ether oxygens (including phenoxy) is 2. The lowest BCUT2D eigenvalue weighted by molar-refractivity contribution is -0.145. The van der Waals surface area contributed by atoms with Crippen LogP contribution in [-0.4, -0.2) is 24.1 Å². The van der Waals surface area contributed by atoms with Crippen LogP contribution in [0.5, 0.6) is 0 Å². The minimum atomic E-state index is -0.263. The Balaban J connectivity index is 2.23. The molecule has 0 N–H and O–H groups in total. The number of carbonyl (C=O) groups excluding carboxylic acids is 2. The lowest BCUT2D eigenvalue weighted by atomic mass is 9.84. The van der Waals surface area contributed by atoms with Crippen molar-refractivity contribution in [2.45, 2.75) is 59.2 Å². The van der Waals surface area contributed by atoms with E-state index in [9.17, 15) is 9.59 Å². The van der Waals surface area contributed by atoms with E-state index in [4.69, 9.17) is 9.47 Å². The molecule has 1 aliphatic carbocycles. The van der Waals surface area contributed by atoms with Gasteiger partial charge in [-0.05, 0) is 25.8 Å². The van der Waals surface area contributed by atoms with Gasteiger partial charge in [0.25, 0.3) is 0 Å². The zero-order chi connectivity index (χ0) is 15.6. The number of hydrogen-bond acceptors (Lipinski definition) is 4. The standard InChI is InChI=1S/C17H24O4/c1-10-5-8-15(20-13(4)18)11(2)6-7-14-12(3)17(19)21-16(14)9-10/h5-6,12,14-16H,7-9H2,1-4H3. The first-order valence-corrected chi connectivity index (χ1v) is 7.58. The third-order valence-electron chi connectivity index (χ3n) is 4.49. The molecular formula is C17H24O4. The van der Waals surface area contributed by atoms with Gasteiger partial charge in [0.05, 0.1) is 5.92 Å². The van der Waals surface area contributed by atoms with Crippen LogP contribution in [0.2, 0.25) is 0 Å². The second-order valence-electron chi connectivity index (χ2n) is 6.20. The maximum atomic E-state index is 11.8. The first kappa shape index (κ1) is 15.8. The lowest BCUT2D eigenvalue weighted by Crippen LogP contribution is -2.22. The molecule has 4 atom stereocenters. The van der Waals surface area contributed by atoms with E-state index in [1.807, 2.05) is 20.8 Å². The summed E-state index contributed by atoms with van der Waals surface area (Å²) in [6, 6.07) is 0. The monoisotopic (exact) mass is 292 g/mol. The molecular weight excluding hydrogens is 268 g/mol. The Morgan fingerprint density at radius 2 is 2.00 bits per heavy atom. The molecule has 1 saturated heterocycles. The fraction of sp³-hybridized carbons (Fsp3) is 0.647. The van der Waals surface area contributed by atoms with Gasteiger partial charge in [0.1, 0.15) is 12.2 Å². The molecule has 116 valence electrons. The third kappa shape index (κ3) is 3.74. The molecule has 4 unspecified atom stereocenters. The van der Waals surface area contributed by atoms with Gasteiger partial charge in [-0.3, -0.25) is 9.59 Å². The predicted molar refractivity (Wildman–Crippen MR) is 79.5 cm³/mol. The molecule has 4 nitrogen and oxygen atoms in total. The molecule has 21 heavy (non-hydrogen) atoms. The van der Waals surface area contributed by atoms with Crippen molar-refractivity contribution < 1.29 is 19.1 Å². The summed E-state index contributed by atoms with van der Waals surface area (Å²) in [6.45, 7) is 7.39. The molecule has 0 aromatic rings. The lowest BCUT2D eigenvalue weighted by Gasteiger charge is -2.23. The molecule has 0 bridgehead atoms. The summed E-state index contributed by atoms with van der Waals surface area (Å²) >= 11 is 0. The van der Waals surface area contributed by atoms with Gasteiger partial charge in [0.15, 0.2) is 0 Å². The average molecular weight is 292 g/mol. The smallest absolute Gasteiger partial charge is 0.309 e. The Morgan fingerprint density at radius 1 is 1.29 bits per heavy atom. The second-order valence-corrected chi connectivity index (χ2v) is 6.20. The summed E-state index contributed by atoms with van der Waals surface area (Å²) < 4.78 is 10.9. The molecule has 0 aromatic heterocycles. The highest BCUT2D eigenvalue weighted by Crippen LogP contribution is 2.36. The maximum absolute atomic E-state index is 11.8. The van der Waals surface area contributed by atoms with Crippen molar-refractivity contribution in [3.05, 3.63) is 23.3 Å². The Labute approximate surface area is 126 Å². The van der Waals surface area contributed by atoms with Crippen LogP contribution in [0.25, 0.3) is 0 Å². The molecule has 2 rings (SSSR count). The van der Waals surface area contributed by atoms with Crippen LogP contribution in [-0.2, 0) is 19.1 Å². The zero-order valence-electron chi connectivity index (χ0n) is 13.2. The van der Waals surface area contributed by atoms with Crippen LogP contribution in [0, 0.1) is 11.8 Å². The SMILES string of the molecule is CC(=O)OC1CC=C(C)CC2OC(=O)C(C)C2CC=C1C.